The summed E-state index contributed by atoms with van der Waals surface area (Å²) in [6, 6.07) is 1.62. The van der Waals surface area contributed by atoms with Crippen LogP contribution in [-0.4, -0.2) is 72.6 Å². The molecule has 0 spiro atoms. The standard InChI is InChI=1S/C23H45N3/c1-19(2)9-12-24-13-10-22(11-14-24)21-5-7-23(8-6-21)26-17-15-25(16-18-26)20(3)4/h19-23H,5-18H2,1-4H3. The first-order valence-electron chi connectivity index (χ1n) is 11.7. The first-order valence-corrected chi connectivity index (χ1v) is 11.7. The molecule has 0 atom stereocenters. The monoisotopic (exact) mass is 363 g/mol. The molecule has 0 N–H and O–H groups in total. The van der Waals surface area contributed by atoms with Crippen LogP contribution in [0.2, 0.25) is 0 Å². The minimum absolute atomic E-state index is 0.722. The normalized spacial score (nSPS) is 31.2. The van der Waals surface area contributed by atoms with Crippen molar-refractivity contribution in [2.75, 3.05) is 45.8 Å². The fraction of sp³-hybridized carbons (Fsp3) is 1.00. The van der Waals surface area contributed by atoms with Gasteiger partial charge in [-0.05, 0) is 96.2 Å². The highest BCUT2D eigenvalue weighted by atomic mass is 15.3. The second-order valence-corrected chi connectivity index (χ2v) is 10.1. The lowest BCUT2D eigenvalue weighted by atomic mass is 9.74. The van der Waals surface area contributed by atoms with Crippen molar-refractivity contribution in [2.45, 2.75) is 84.7 Å². The fourth-order valence-corrected chi connectivity index (χ4v) is 5.65. The summed E-state index contributed by atoms with van der Waals surface area (Å²) in [4.78, 5) is 8.20. The second kappa shape index (κ2) is 9.89. The van der Waals surface area contributed by atoms with E-state index in [1.165, 1.54) is 90.8 Å². The van der Waals surface area contributed by atoms with E-state index >= 15 is 0 Å². The lowest BCUT2D eigenvalue weighted by molar-refractivity contribution is 0.0444. The van der Waals surface area contributed by atoms with Gasteiger partial charge in [-0.15, -0.1) is 0 Å². The molecule has 0 aromatic heterocycles. The molecule has 0 aromatic rings. The van der Waals surface area contributed by atoms with Gasteiger partial charge >= 0.3 is 0 Å². The van der Waals surface area contributed by atoms with Gasteiger partial charge in [0.25, 0.3) is 0 Å². The summed E-state index contributed by atoms with van der Waals surface area (Å²) >= 11 is 0. The topological polar surface area (TPSA) is 9.72 Å². The first-order chi connectivity index (χ1) is 12.5. The Kier molecular flexibility index (Phi) is 7.84. The highest BCUT2D eigenvalue weighted by Crippen LogP contribution is 2.37. The van der Waals surface area contributed by atoms with Crippen LogP contribution < -0.4 is 0 Å². The Labute approximate surface area is 163 Å². The zero-order valence-electron chi connectivity index (χ0n) is 18.1. The van der Waals surface area contributed by atoms with E-state index in [1.54, 1.807) is 0 Å². The molecule has 3 aliphatic rings. The van der Waals surface area contributed by atoms with Gasteiger partial charge in [0.05, 0.1) is 0 Å². The van der Waals surface area contributed by atoms with Gasteiger partial charge in [-0.1, -0.05) is 13.8 Å². The SMILES string of the molecule is CC(C)CCN1CCC(C2CCC(N3CCN(C(C)C)CC3)CC2)CC1. The van der Waals surface area contributed by atoms with Crippen LogP contribution >= 0.6 is 0 Å². The number of piperidine rings is 1. The molecule has 3 nitrogen and oxygen atoms in total. The third-order valence-electron chi connectivity index (χ3n) is 7.66. The molecule has 2 heterocycles. The summed E-state index contributed by atoms with van der Waals surface area (Å²) in [6.45, 7) is 18.6. The quantitative estimate of drug-likeness (QED) is 0.695. The molecule has 2 aliphatic heterocycles. The summed E-state index contributed by atoms with van der Waals surface area (Å²) in [5.41, 5.74) is 0. The molecule has 0 aromatic carbocycles. The van der Waals surface area contributed by atoms with E-state index in [0.717, 1.165) is 29.8 Å². The van der Waals surface area contributed by atoms with Gasteiger partial charge < -0.3 is 4.90 Å². The van der Waals surface area contributed by atoms with Gasteiger partial charge in [-0.3, -0.25) is 9.80 Å². The maximum absolute atomic E-state index is 2.82. The van der Waals surface area contributed by atoms with E-state index in [-0.39, 0.29) is 0 Å². The summed E-state index contributed by atoms with van der Waals surface area (Å²) in [6.07, 6.45) is 10.3. The van der Waals surface area contributed by atoms with E-state index in [2.05, 4.69) is 42.4 Å². The average molecular weight is 364 g/mol. The molecular weight excluding hydrogens is 318 g/mol. The maximum Gasteiger partial charge on any atom is 0.0113 e. The van der Waals surface area contributed by atoms with Crippen LogP contribution in [0.4, 0.5) is 0 Å². The summed E-state index contributed by atoms with van der Waals surface area (Å²) in [7, 11) is 0. The Hall–Kier alpha value is -0.120. The van der Waals surface area contributed by atoms with Crippen LogP contribution in [0.3, 0.4) is 0 Å². The molecule has 3 fully saturated rings. The summed E-state index contributed by atoms with van der Waals surface area (Å²) in [5, 5.41) is 0. The Morgan fingerprint density at radius 2 is 1.27 bits per heavy atom. The first kappa shape index (κ1) is 20.6. The molecule has 0 bridgehead atoms. The lowest BCUT2D eigenvalue weighted by Gasteiger charge is -2.45. The fourth-order valence-electron chi connectivity index (χ4n) is 5.65. The largest absolute Gasteiger partial charge is 0.303 e. The Morgan fingerprint density at radius 1 is 0.692 bits per heavy atom. The second-order valence-electron chi connectivity index (χ2n) is 10.1. The van der Waals surface area contributed by atoms with Crippen LogP contribution in [0.15, 0.2) is 0 Å². The molecular formula is C23H45N3. The molecule has 1 aliphatic carbocycles. The van der Waals surface area contributed by atoms with Crippen LogP contribution in [0.25, 0.3) is 0 Å². The molecule has 0 radical (unpaired) electrons. The van der Waals surface area contributed by atoms with Crippen molar-refractivity contribution in [3.05, 3.63) is 0 Å². The Morgan fingerprint density at radius 3 is 1.81 bits per heavy atom. The number of rotatable bonds is 6. The molecule has 152 valence electrons. The third-order valence-corrected chi connectivity index (χ3v) is 7.66. The molecule has 2 saturated heterocycles. The van der Waals surface area contributed by atoms with Crippen LogP contribution in [0.1, 0.15) is 72.6 Å². The molecule has 0 amide bonds. The lowest BCUT2D eigenvalue weighted by Crippen LogP contribution is -2.52. The number of piperazine rings is 1. The van der Waals surface area contributed by atoms with E-state index in [9.17, 15) is 0 Å². The molecule has 3 heteroatoms. The van der Waals surface area contributed by atoms with Gasteiger partial charge in [0.1, 0.15) is 0 Å². The van der Waals surface area contributed by atoms with Crippen molar-refractivity contribution in [3.63, 3.8) is 0 Å². The third kappa shape index (κ3) is 5.69. The van der Waals surface area contributed by atoms with E-state index < -0.39 is 0 Å². The van der Waals surface area contributed by atoms with Crippen molar-refractivity contribution >= 4 is 0 Å². The van der Waals surface area contributed by atoms with Gasteiger partial charge in [0.2, 0.25) is 0 Å². The number of nitrogens with zero attached hydrogens (tertiary/aromatic N) is 3. The van der Waals surface area contributed by atoms with E-state index in [1.807, 2.05) is 0 Å². The minimum Gasteiger partial charge on any atom is -0.303 e. The van der Waals surface area contributed by atoms with Crippen molar-refractivity contribution < 1.29 is 0 Å². The number of likely N-dealkylation sites (tertiary alicyclic amines) is 1. The van der Waals surface area contributed by atoms with Crippen LogP contribution in [0, 0.1) is 17.8 Å². The number of hydrogen-bond donors (Lipinski definition) is 0. The van der Waals surface area contributed by atoms with Gasteiger partial charge in [0.15, 0.2) is 0 Å². The summed E-state index contributed by atoms with van der Waals surface area (Å²) in [5.74, 6) is 2.92. The Bertz CT molecular complexity index is 384. The molecule has 3 rings (SSSR count). The average Bonchev–Trinajstić information content (AvgIpc) is 2.67. The highest BCUT2D eigenvalue weighted by Gasteiger charge is 2.33. The molecule has 26 heavy (non-hydrogen) atoms. The maximum atomic E-state index is 2.82. The smallest absolute Gasteiger partial charge is 0.0113 e. The van der Waals surface area contributed by atoms with Gasteiger partial charge in [0, 0.05) is 38.3 Å². The van der Waals surface area contributed by atoms with Gasteiger partial charge in [-0.25, -0.2) is 0 Å². The summed E-state index contributed by atoms with van der Waals surface area (Å²) < 4.78 is 0. The van der Waals surface area contributed by atoms with Crippen molar-refractivity contribution in [1.29, 1.82) is 0 Å². The van der Waals surface area contributed by atoms with E-state index in [4.69, 9.17) is 0 Å². The predicted molar refractivity (Wildman–Crippen MR) is 113 cm³/mol. The van der Waals surface area contributed by atoms with Gasteiger partial charge in [-0.2, -0.15) is 0 Å². The highest BCUT2D eigenvalue weighted by molar-refractivity contribution is 4.87. The van der Waals surface area contributed by atoms with Crippen molar-refractivity contribution in [1.82, 2.24) is 14.7 Å². The van der Waals surface area contributed by atoms with Crippen molar-refractivity contribution in [3.8, 4) is 0 Å². The van der Waals surface area contributed by atoms with Crippen LogP contribution in [0.5, 0.6) is 0 Å². The predicted octanol–water partition coefficient (Wildman–Crippen LogP) is 4.33. The molecule has 0 unspecified atom stereocenters. The van der Waals surface area contributed by atoms with Crippen LogP contribution in [-0.2, 0) is 0 Å². The number of hydrogen-bond acceptors (Lipinski definition) is 3. The molecule has 1 saturated carbocycles. The zero-order valence-corrected chi connectivity index (χ0v) is 18.1. The Balaban J connectivity index is 1.34. The zero-order chi connectivity index (χ0) is 18.5. The van der Waals surface area contributed by atoms with Crippen molar-refractivity contribution in [2.24, 2.45) is 17.8 Å². The van der Waals surface area contributed by atoms with E-state index in [0.29, 0.717) is 0 Å². The minimum atomic E-state index is 0.722.